The Bertz CT molecular complexity index is 641. The highest BCUT2D eigenvalue weighted by Crippen LogP contribution is 2.20. The number of carbonyl (C=O) groups excluding carboxylic acids is 1. The fraction of sp³-hybridized carbons (Fsp3) is 0.0769. The summed E-state index contributed by atoms with van der Waals surface area (Å²) in [5.74, 6) is -1.38. The van der Waals surface area contributed by atoms with Crippen molar-refractivity contribution in [1.29, 1.82) is 0 Å². The van der Waals surface area contributed by atoms with E-state index in [1.54, 1.807) is 24.3 Å². The maximum atomic E-state index is 11.0. The molecule has 1 amide bonds. The number of rotatable bonds is 4. The van der Waals surface area contributed by atoms with Gasteiger partial charge in [0, 0.05) is 23.5 Å². The molecule has 2 rings (SSSR count). The molecule has 92 valence electrons. The summed E-state index contributed by atoms with van der Waals surface area (Å²) in [6, 6.07) is 5.39. The van der Waals surface area contributed by atoms with Crippen molar-refractivity contribution in [3.05, 3.63) is 41.6 Å². The van der Waals surface area contributed by atoms with E-state index in [4.69, 9.17) is 10.8 Å². The average Bonchev–Trinajstić information content (AvgIpc) is 2.71. The molecule has 5 nitrogen and oxygen atoms in total. The number of nitrogens with two attached hydrogens (primary N) is 1. The molecule has 0 saturated heterocycles. The predicted molar refractivity (Wildman–Crippen MR) is 68.1 cm³/mol. The number of carbonyl (C=O) groups is 2. The predicted octanol–water partition coefficient (Wildman–Crippen LogP) is 1.75. The Hall–Kier alpha value is -2.56. The van der Waals surface area contributed by atoms with E-state index in [2.05, 4.69) is 4.98 Å². The first-order chi connectivity index (χ1) is 8.58. The minimum Gasteiger partial charge on any atom is -0.478 e. The number of aromatic amines is 1. The number of aromatic nitrogens is 1. The minimum atomic E-state index is -0.973. The van der Waals surface area contributed by atoms with Crippen LogP contribution >= 0.6 is 0 Å². The molecule has 0 bridgehead atoms. The molecule has 0 aliphatic carbocycles. The van der Waals surface area contributed by atoms with Gasteiger partial charge in [-0.2, -0.15) is 0 Å². The van der Waals surface area contributed by atoms with Crippen molar-refractivity contribution in [2.75, 3.05) is 0 Å². The van der Waals surface area contributed by atoms with Crippen molar-refractivity contribution in [2.45, 2.75) is 6.42 Å². The number of primary amides is 1. The van der Waals surface area contributed by atoms with Crippen molar-refractivity contribution in [1.82, 2.24) is 4.98 Å². The van der Waals surface area contributed by atoms with E-state index in [9.17, 15) is 9.59 Å². The number of nitrogens with one attached hydrogen (secondary N) is 1. The summed E-state index contributed by atoms with van der Waals surface area (Å²) in [7, 11) is 0. The molecular weight excluding hydrogens is 232 g/mol. The standard InChI is InChI=1S/C13H12N2O3/c14-12(16)3-1-2-8-4-5-11-9(6-8)10(7-15-11)13(17)18/h1-2,4-7,15H,3H2,(H2,14,16)(H,17,18). The maximum Gasteiger partial charge on any atom is 0.337 e. The van der Waals surface area contributed by atoms with Crippen LogP contribution in [0, 0.1) is 0 Å². The van der Waals surface area contributed by atoms with Crippen LogP contribution in [0.5, 0.6) is 0 Å². The van der Waals surface area contributed by atoms with Gasteiger partial charge in [-0.15, -0.1) is 0 Å². The summed E-state index contributed by atoms with van der Waals surface area (Å²) in [6.45, 7) is 0. The Morgan fingerprint density at radius 3 is 2.83 bits per heavy atom. The van der Waals surface area contributed by atoms with Gasteiger partial charge in [-0.1, -0.05) is 18.2 Å². The number of fused-ring (bicyclic) bond motifs is 1. The molecule has 0 fully saturated rings. The minimum absolute atomic E-state index is 0.164. The lowest BCUT2D eigenvalue weighted by Crippen LogP contribution is -2.07. The van der Waals surface area contributed by atoms with E-state index in [-0.39, 0.29) is 12.0 Å². The van der Waals surface area contributed by atoms with E-state index < -0.39 is 11.9 Å². The van der Waals surface area contributed by atoms with Gasteiger partial charge < -0.3 is 15.8 Å². The lowest BCUT2D eigenvalue weighted by atomic mass is 10.1. The molecule has 0 saturated carbocycles. The van der Waals surface area contributed by atoms with Gasteiger partial charge in [-0.05, 0) is 17.7 Å². The van der Waals surface area contributed by atoms with Crippen LogP contribution in [0.2, 0.25) is 0 Å². The molecule has 0 unspecified atom stereocenters. The number of amides is 1. The van der Waals surface area contributed by atoms with E-state index in [1.807, 2.05) is 6.07 Å². The van der Waals surface area contributed by atoms with Gasteiger partial charge in [-0.25, -0.2) is 4.79 Å². The van der Waals surface area contributed by atoms with Crippen LogP contribution in [0.3, 0.4) is 0 Å². The second-order valence-corrected chi connectivity index (χ2v) is 3.89. The molecule has 18 heavy (non-hydrogen) atoms. The first kappa shape index (κ1) is 11.9. The zero-order chi connectivity index (χ0) is 13.1. The van der Waals surface area contributed by atoms with Gasteiger partial charge in [0.1, 0.15) is 0 Å². The molecule has 0 spiro atoms. The third-order valence-corrected chi connectivity index (χ3v) is 2.57. The zero-order valence-corrected chi connectivity index (χ0v) is 9.51. The molecule has 0 atom stereocenters. The van der Waals surface area contributed by atoms with Crippen LogP contribution in [0.15, 0.2) is 30.5 Å². The van der Waals surface area contributed by atoms with Crippen molar-refractivity contribution in [3.63, 3.8) is 0 Å². The van der Waals surface area contributed by atoms with Gasteiger partial charge in [0.25, 0.3) is 0 Å². The highest BCUT2D eigenvalue weighted by atomic mass is 16.4. The Kier molecular flexibility index (Phi) is 3.14. The van der Waals surface area contributed by atoms with Crippen LogP contribution in [0.4, 0.5) is 0 Å². The molecule has 1 heterocycles. The zero-order valence-electron chi connectivity index (χ0n) is 9.51. The van der Waals surface area contributed by atoms with Crippen LogP contribution in [-0.2, 0) is 4.79 Å². The molecule has 0 radical (unpaired) electrons. The Labute approximate surface area is 103 Å². The van der Waals surface area contributed by atoms with Gasteiger partial charge >= 0.3 is 5.97 Å². The first-order valence-corrected chi connectivity index (χ1v) is 5.37. The van der Waals surface area contributed by atoms with Crippen molar-refractivity contribution < 1.29 is 14.7 Å². The van der Waals surface area contributed by atoms with E-state index in [0.717, 1.165) is 11.1 Å². The Balaban J connectivity index is 2.36. The molecule has 2 aromatic rings. The van der Waals surface area contributed by atoms with Crippen LogP contribution in [0.25, 0.3) is 17.0 Å². The number of benzene rings is 1. The maximum absolute atomic E-state index is 11.0. The summed E-state index contributed by atoms with van der Waals surface area (Å²) in [5.41, 5.74) is 6.84. The van der Waals surface area contributed by atoms with Crippen molar-refractivity contribution >= 4 is 28.9 Å². The largest absolute Gasteiger partial charge is 0.478 e. The highest BCUT2D eigenvalue weighted by Gasteiger charge is 2.09. The average molecular weight is 244 g/mol. The molecule has 5 heteroatoms. The Morgan fingerprint density at radius 1 is 1.39 bits per heavy atom. The fourth-order valence-corrected chi connectivity index (χ4v) is 1.73. The SMILES string of the molecule is NC(=O)CC=Cc1ccc2[nH]cc(C(=O)O)c2c1. The quantitative estimate of drug-likeness (QED) is 0.764. The smallest absolute Gasteiger partial charge is 0.337 e. The highest BCUT2D eigenvalue weighted by molar-refractivity contribution is 6.03. The summed E-state index contributed by atoms with van der Waals surface area (Å²) in [6.07, 6.45) is 5.01. The third kappa shape index (κ3) is 2.40. The summed E-state index contributed by atoms with van der Waals surface area (Å²) in [4.78, 5) is 24.5. The van der Waals surface area contributed by atoms with Crippen LogP contribution in [0.1, 0.15) is 22.3 Å². The normalized spacial score (nSPS) is 11.1. The summed E-state index contributed by atoms with van der Waals surface area (Å²) >= 11 is 0. The fourth-order valence-electron chi connectivity index (χ4n) is 1.73. The summed E-state index contributed by atoms with van der Waals surface area (Å²) < 4.78 is 0. The van der Waals surface area contributed by atoms with Crippen molar-refractivity contribution in [2.24, 2.45) is 5.73 Å². The number of aromatic carboxylic acids is 1. The molecule has 1 aromatic heterocycles. The van der Waals surface area contributed by atoms with E-state index in [0.29, 0.717) is 5.39 Å². The second kappa shape index (κ2) is 4.75. The van der Waals surface area contributed by atoms with E-state index in [1.165, 1.54) is 6.20 Å². The van der Waals surface area contributed by atoms with Gasteiger partial charge in [0.15, 0.2) is 0 Å². The Morgan fingerprint density at radius 2 is 2.17 bits per heavy atom. The summed E-state index contributed by atoms with van der Waals surface area (Å²) in [5, 5.41) is 9.65. The first-order valence-electron chi connectivity index (χ1n) is 5.37. The lowest BCUT2D eigenvalue weighted by Gasteiger charge is -1.96. The molecule has 0 aliphatic heterocycles. The topological polar surface area (TPSA) is 96.2 Å². The van der Waals surface area contributed by atoms with Gasteiger partial charge in [0.05, 0.1) is 5.56 Å². The number of carboxylic acid groups (broad SMARTS) is 1. The molecular formula is C13H12N2O3. The lowest BCUT2D eigenvalue weighted by molar-refractivity contribution is -0.117. The third-order valence-electron chi connectivity index (χ3n) is 2.57. The molecule has 1 aromatic carbocycles. The molecule has 4 N–H and O–H groups in total. The second-order valence-electron chi connectivity index (χ2n) is 3.89. The van der Waals surface area contributed by atoms with Gasteiger partial charge in [0.2, 0.25) is 5.91 Å². The van der Waals surface area contributed by atoms with Gasteiger partial charge in [-0.3, -0.25) is 4.79 Å². The van der Waals surface area contributed by atoms with Crippen LogP contribution < -0.4 is 5.73 Å². The number of hydrogen-bond donors (Lipinski definition) is 3. The van der Waals surface area contributed by atoms with Crippen molar-refractivity contribution in [3.8, 4) is 0 Å². The number of hydrogen-bond acceptors (Lipinski definition) is 2. The number of carboxylic acids is 1. The molecule has 0 aliphatic rings. The monoisotopic (exact) mass is 244 g/mol. The van der Waals surface area contributed by atoms with Crippen LogP contribution in [-0.4, -0.2) is 22.0 Å². The number of H-pyrrole nitrogens is 1. The van der Waals surface area contributed by atoms with E-state index >= 15 is 0 Å².